The van der Waals surface area contributed by atoms with Gasteiger partial charge in [0.1, 0.15) is 11.5 Å². The molecule has 4 nitrogen and oxygen atoms in total. The number of phenols is 1. The Bertz CT molecular complexity index is 296. The van der Waals surface area contributed by atoms with Crippen molar-refractivity contribution in [3.05, 3.63) is 24.3 Å². The number of carboxylic acids is 1. The van der Waals surface area contributed by atoms with E-state index in [0.717, 1.165) is 0 Å². The minimum absolute atomic E-state index is 0.118. The second-order valence-corrected chi connectivity index (χ2v) is 3.40. The first-order valence-electron chi connectivity index (χ1n) is 3.42. The molecule has 1 aromatic carbocycles. The van der Waals surface area contributed by atoms with Crippen LogP contribution in [-0.4, -0.2) is 20.3 Å². The van der Waals surface area contributed by atoms with Crippen molar-refractivity contribution in [1.82, 2.24) is 0 Å². The van der Waals surface area contributed by atoms with Crippen LogP contribution >= 0.6 is 22.6 Å². The van der Waals surface area contributed by atoms with Crippen LogP contribution in [0.4, 0.5) is 0 Å². The van der Waals surface area contributed by atoms with Crippen molar-refractivity contribution in [2.24, 2.45) is 0 Å². The van der Waals surface area contributed by atoms with Gasteiger partial charge >= 0.3 is 5.97 Å². The first-order valence-corrected chi connectivity index (χ1v) is 4.67. The van der Waals surface area contributed by atoms with Crippen LogP contribution in [-0.2, 0) is 4.79 Å². The molecule has 0 amide bonds. The molecule has 5 heteroatoms. The molecule has 0 aliphatic carbocycles. The van der Waals surface area contributed by atoms with E-state index >= 15 is 0 Å². The smallest absolute Gasteiger partial charge is 0.355 e. The molecule has 70 valence electrons. The summed E-state index contributed by atoms with van der Waals surface area (Å²) in [5.41, 5.74) is 0. The molecule has 0 bridgehead atoms. The highest BCUT2D eigenvalue weighted by atomic mass is 127. The van der Waals surface area contributed by atoms with Gasteiger partial charge in [0.25, 0.3) is 0 Å². The lowest BCUT2D eigenvalue weighted by Gasteiger charge is -2.08. The van der Waals surface area contributed by atoms with Gasteiger partial charge in [-0.25, -0.2) is 4.79 Å². The van der Waals surface area contributed by atoms with Crippen LogP contribution < -0.4 is 4.74 Å². The quantitative estimate of drug-likeness (QED) is 0.656. The number of rotatable bonds is 3. The van der Waals surface area contributed by atoms with Crippen molar-refractivity contribution in [2.75, 3.05) is 0 Å². The highest BCUT2D eigenvalue weighted by molar-refractivity contribution is 14.1. The van der Waals surface area contributed by atoms with Gasteiger partial charge in [-0.3, -0.25) is 0 Å². The Morgan fingerprint density at radius 1 is 1.38 bits per heavy atom. The van der Waals surface area contributed by atoms with Gasteiger partial charge in [0.2, 0.25) is 4.11 Å². The number of hydrogen-bond donors (Lipinski definition) is 2. The van der Waals surface area contributed by atoms with Gasteiger partial charge in [0.05, 0.1) is 0 Å². The Morgan fingerprint density at radius 2 is 1.92 bits per heavy atom. The number of alkyl halides is 1. The van der Waals surface area contributed by atoms with Crippen LogP contribution in [0.2, 0.25) is 0 Å². The number of hydrogen-bond acceptors (Lipinski definition) is 3. The molecule has 0 saturated carbocycles. The number of benzene rings is 1. The van der Waals surface area contributed by atoms with Crippen molar-refractivity contribution in [2.45, 2.75) is 4.11 Å². The zero-order valence-corrected chi connectivity index (χ0v) is 8.63. The number of phenolic OH excluding ortho intramolecular Hbond substituents is 1. The van der Waals surface area contributed by atoms with E-state index in [1.807, 2.05) is 0 Å². The van der Waals surface area contributed by atoms with Crippen LogP contribution in [0.25, 0.3) is 0 Å². The first kappa shape index (κ1) is 10.1. The SMILES string of the molecule is O=C(O)[C@@H](I)Oc1ccc(O)cc1. The summed E-state index contributed by atoms with van der Waals surface area (Å²) in [5, 5.41) is 17.4. The van der Waals surface area contributed by atoms with E-state index in [1.54, 1.807) is 22.6 Å². The molecule has 0 fully saturated rings. The highest BCUT2D eigenvalue weighted by Gasteiger charge is 2.13. The fourth-order valence-corrected chi connectivity index (χ4v) is 0.988. The number of aliphatic carboxylic acids is 1. The van der Waals surface area contributed by atoms with Gasteiger partial charge < -0.3 is 14.9 Å². The number of carbonyl (C=O) groups is 1. The van der Waals surface area contributed by atoms with Crippen LogP contribution in [0.1, 0.15) is 0 Å². The standard InChI is InChI=1S/C8H7IO4/c9-7(8(11)12)13-6-3-1-5(10)2-4-6/h1-4,7,10H,(H,11,12)/t7-/m0/s1. The molecule has 0 spiro atoms. The summed E-state index contributed by atoms with van der Waals surface area (Å²) in [6.07, 6.45) is 0. The molecule has 0 radical (unpaired) electrons. The fraction of sp³-hybridized carbons (Fsp3) is 0.125. The van der Waals surface area contributed by atoms with E-state index in [1.165, 1.54) is 24.3 Å². The summed E-state index contributed by atoms with van der Waals surface area (Å²) in [5.74, 6) is -0.499. The zero-order chi connectivity index (χ0) is 9.84. The largest absolute Gasteiger partial charge is 0.508 e. The van der Waals surface area contributed by atoms with Crippen LogP contribution in [0.15, 0.2) is 24.3 Å². The summed E-state index contributed by atoms with van der Waals surface area (Å²) >= 11 is 1.66. The molecular weight excluding hydrogens is 287 g/mol. The number of carboxylic acid groups (broad SMARTS) is 1. The van der Waals surface area contributed by atoms with Gasteiger partial charge in [-0.2, -0.15) is 0 Å². The molecule has 0 saturated heterocycles. The lowest BCUT2D eigenvalue weighted by Crippen LogP contribution is -2.19. The van der Waals surface area contributed by atoms with E-state index in [0.29, 0.717) is 5.75 Å². The maximum Gasteiger partial charge on any atom is 0.355 e. The van der Waals surface area contributed by atoms with Crippen molar-refractivity contribution < 1.29 is 19.7 Å². The van der Waals surface area contributed by atoms with Crippen LogP contribution in [0.3, 0.4) is 0 Å². The molecule has 0 unspecified atom stereocenters. The first-order chi connectivity index (χ1) is 6.09. The summed E-state index contributed by atoms with van der Waals surface area (Å²) in [6.45, 7) is 0. The molecule has 0 heterocycles. The maximum atomic E-state index is 10.4. The van der Waals surface area contributed by atoms with E-state index in [2.05, 4.69) is 0 Å². The van der Waals surface area contributed by atoms with Crippen molar-refractivity contribution in [3.8, 4) is 11.5 Å². The number of ether oxygens (including phenoxy) is 1. The zero-order valence-electron chi connectivity index (χ0n) is 6.48. The Hall–Kier alpha value is -0.980. The van der Waals surface area contributed by atoms with E-state index in [9.17, 15) is 4.79 Å². The van der Waals surface area contributed by atoms with Crippen molar-refractivity contribution in [1.29, 1.82) is 0 Å². The second-order valence-electron chi connectivity index (χ2n) is 2.27. The van der Waals surface area contributed by atoms with E-state index in [-0.39, 0.29) is 5.75 Å². The molecule has 0 aromatic heterocycles. The third-order valence-corrected chi connectivity index (χ3v) is 2.06. The molecule has 0 aliphatic heterocycles. The molecular formula is C8H7IO4. The topological polar surface area (TPSA) is 66.8 Å². The molecule has 1 atom stereocenters. The predicted octanol–water partition coefficient (Wildman–Crippen LogP) is 1.62. The number of halogens is 1. The fourth-order valence-electron chi connectivity index (χ4n) is 0.695. The maximum absolute atomic E-state index is 10.4. The summed E-state index contributed by atoms with van der Waals surface area (Å²) < 4.78 is 4.09. The summed E-state index contributed by atoms with van der Waals surface area (Å²) in [6, 6.07) is 5.87. The highest BCUT2D eigenvalue weighted by Crippen LogP contribution is 2.18. The van der Waals surface area contributed by atoms with E-state index < -0.39 is 10.1 Å². The third kappa shape index (κ3) is 3.10. The monoisotopic (exact) mass is 294 g/mol. The van der Waals surface area contributed by atoms with Gasteiger partial charge in [0.15, 0.2) is 0 Å². The Labute approximate surface area is 88.3 Å². The Kier molecular flexibility index (Phi) is 3.35. The normalized spacial score (nSPS) is 12.1. The van der Waals surface area contributed by atoms with Gasteiger partial charge in [-0.05, 0) is 46.9 Å². The summed E-state index contributed by atoms with van der Waals surface area (Å²) in [7, 11) is 0. The lowest BCUT2D eigenvalue weighted by atomic mass is 10.3. The molecule has 1 aromatic rings. The molecule has 13 heavy (non-hydrogen) atoms. The minimum atomic E-state index is -1.03. The van der Waals surface area contributed by atoms with Crippen LogP contribution in [0, 0.1) is 0 Å². The Morgan fingerprint density at radius 3 is 2.38 bits per heavy atom. The molecule has 2 N–H and O–H groups in total. The Balaban J connectivity index is 2.64. The second kappa shape index (κ2) is 4.31. The van der Waals surface area contributed by atoms with Gasteiger partial charge in [-0.15, -0.1) is 0 Å². The predicted molar refractivity (Wildman–Crippen MR) is 54.2 cm³/mol. The number of aromatic hydroxyl groups is 1. The van der Waals surface area contributed by atoms with Crippen molar-refractivity contribution >= 4 is 28.6 Å². The van der Waals surface area contributed by atoms with Gasteiger partial charge in [0, 0.05) is 0 Å². The molecule has 1 rings (SSSR count). The van der Waals surface area contributed by atoms with Gasteiger partial charge in [-0.1, -0.05) is 0 Å². The third-order valence-electron chi connectivity index (χ3n) is 1.27. The van der Waals surface area contributed by atoms with Crippen molar-refractivity contribution in [3.63, 3.8) is 0 Å². The van der Waals surface area contributed by atoms with Crippen LogP contribution in [0.5, 0.6) is 11.5 Å². The van der Waals surface area contributed by atoms with E-state index in [4.69, 9.17) is 14.9 Å². The minimum Gasteiger partial charge on any atom is -0.508 e. The summed E-state index contributed by atoms with van der Waals surface area (Å²) in [4.78, 5) is 10.4. The average Bonchev–Trinajstić information content (AvgIpc) is 2.08. The lowest BCUT2D eigenvalue weighted by molar-refractivity contribution is -0.140. The molecule has 0 aliphatic rings. The average molecular weight is 294 g/mol.